The number of halogens is 1. The summed E-state index contributed by atoms with van der Waals surface area (Å²) in [5, 5.41) is 13.4. The smallest absolute Gasteiger partial charge is 0.262 e. The van der Waals surface area contributed by atoms with Crippen molar-refractivity contribution in [3.8, 4) is 22.6 Å². The number of aromatic nitrogens is 2. The lowest BCUT2D eigenvalue weighted by Crippen LogP contribution is -2.30. The molecule has 2 aromatic carbocycles. The van der Waals surface area contributed by atoms with Gasteiger partial charge in [0.1, 0.15) is 29.0 Å². The van der Waals surface area contributed by atoms with Crippen LogP contribution in [0, 0.1) is 0 Å². The molecule has 2 aromatic heterocycles. The van der Waals surface area contributed by atoms with Crippen molar-refractivity contribution in [2.75, 3.05) is 13.7 Å². The van der Waals surface area contributed by atoms with Gasteiger partial charge in [0, 0.05) is 16.0 Å². The topological polar surface area (TPSA) is 73.6 Å². The molecule has 2 heterocycles. The third kappa shape index (κ3) is 4.33. The maximum absolute atomic E-state index is 13.1. The maximum Gasteiger partial charge on any atom is 0.262 e. The molecule has 6 nitrogen and oxygen atoms in total. The molecule has 4 aromatic rings. The number of nitrogens with zero attached hydrogens (tertiary/aromatic N) is 2. The molecule has 0 aliphatic heterocycles. The van der Waals surface area contributed by atoms with Crippen molar-refractivity contribution < 1.29 is 14.6 Å². The third-order valence-electron chi connectivity index (χ3n) is 4.63. The molecule has 154 valence electrons. The largest absolute Gasteiger partial charge is 0.497 e. The van der Waals surface area contributed by atoms with Gasteiger partial charge < -0.3 is 14.6 Å². The summed E-state index contributed by atoms with van der Waals surface area (Å²) in [6.45, 7) is 0.119. The van der Waals surface area contributed by atoms with Crippen LogP contribution in [0.3, 0.4) is 0 Å². The SMILES string of the molecule is COc1ccc(-c2csc3ncn(CC(O)COc4ccc(Cl)cc4)c(=O)c23)cc1. The molecule has 0 spiro atoms. The Kier molecular flexibility index (Phi) is 6.03. The van der Waals surface area contributed by atoms with Gasteiger partial charge in [0.05, 0.1) is 25.4 Å². The first-order valence-electron chi connectivity index (χ1n) is 9.22. The molecule has 0 fully saturated rings. The van der Waals surface area contributed by atoms with Crippen LogP contribution in [0.4, 0.5) is 0 Å². The highest BCUT2D eigenvalue weighted by molar-refractivity contribution is 7.17. The average molecular weight is 443 g/mol. The van der Waals surface area contributed by atoms with E-state index in [-0.39, 0.29) is 18.7 Å². The van der Waals surface area contributed by atoms with Gasteiger partial charge in [0.15, 0.2) is 0 Å². The van der Waals surface area contributed by atoms with E-state index in [4.69, 9.17) is 21.1 Å². The highest BCUT2D eigenvalue weighted by atomic mass is 35.5. The second-order valence-corrected chi connectivity index (χ2v) is 7.97. The first-order chi connectivity index (χ1) is 14.5. The zero-order valence-electron chi connectivity index (χ0n) is 16.1. The molecule has 0 radical (unpaired) electrons. The maximum atomic E-state index is 13.1. The third-order valence-corrected chi connectivity index (χ3v) is 5.76. The number of hydrogen-bond donors (Lipinski definition) is 1. The highest BCUT2D eigenvalue weighted by Gasteiger charge is 2.15. The van der Waals surface area contributed by atoms with Crippen molar-refractivity contribution in [2.45, 2.75) is 12.6 Å². The second kappa shape index (κ2) is 8.87. The van der Waals surface area contributed by atoms with E-state index in [1.807, 2.05) is 29.6 Å². The number of aliphatic hydroxyl groups is 1. The van der Waals surface area contributed by atoms with E-state index in [1.165, 1.54) is 22.2 Å². The van der Waals surface area contributed by atoms with Gasteiger partial charge >= 0.3 is 0 Å². The predicted molar refractivity (Wildman–Crippen MR) is 119 cm³/mol. The van der Waals surface area contributed by atoms with E-state index in [0.29, 0.717) is 21.0 Å². The van der Waals surface area contributed by atoms with Gasteiger partial charge in [-0.15, -0.1) is 11.3 Å². The second-order valence-electron chi connectivity index (χ2n) is 6.68. The normalized spacial score (nSPS) is 12.1. The van der Waals surface area contributed by atoms with E-state index < -0.39 is 6.10 Å². The zero-order chi connectivity index (χ0) is 21.1. The summed E-state index contributed by atoms with van der Waals surface area (Å²) in [5.41, 5.74) is 1.53. The Bertz CT molecular complexity index is 1200. The van der Waals surface area contributed by atoms with Crippen LogP contribution in [-0.2, 0) is 6.54 Å². The van der Waals surface area contributed by atoms with Crippen LogP contribution in [-0.4, -0.2) is 34.5 Å². The standard InChI is InChI=1S/C22H19ClN2O4S/c1-28-17-6-2-14(3-7-17)19-12-30-21-20(19)22(27)25(13-24-21)10-16(26)11-29-18-8-4-15(23)5-9-18/h2-9,12-13,16,26H,10-11H2,1H3. The number of fused-ring (bicyclic) bond motifs is 1. The number of aliphatic hydroxyl groups excluding tert-OH is 1. The van der Waals surface area contributed by atoms with Gasteiger partial charge in [-0.2, -0.15) is 0 Å². The molecular formula is C22H19ClN2O4S. The van der Waals surface area contributed by atoms with Crippen molar-refractivity contribution >= 4 is 33.2 Å². The van der Waals surface area contributed by atoms with Crippen LogP contribution in [0.1, 0.15) is 0 Å². The molecule has 0 saturated heterocycles. The van der Waals surface area contributed by atoms with Gasteiger partial charge in [-0.3, -0.25) is 9.36 Å². The quantitative estimate of drug-likeness (QED) is 0.463. The molecule has 1 N–H and O–H groups in total. The van der Waals surface area contributed by atoms with E-state index in [1.54, 1.807) is 31.4 Å². The van der Waals surface area contributed by atoms with Crippen molar-refractivity contribution in [1.82, 2.24) is 9.55 Å². The van der Waals surface area contributed by atoms with E-state index >= 15 is 0 Å². The summed E-state index contributed by atoms with van der Waals surface area (Å²) in [6.07, 6.45) is 0.588. The predicted octanol–water partition coefficient (Wildman–Crippen LogP) is 4.23. The highest BCUT2D eigenvalue weighted by Crippen LogP contribution is 2.31. The molecule has 1 atom stereocenters. The molecule has 0 saturated carbocycles. The first kappa shape index (κ1) is 20.4. The first-order valence-corrected chi connectivity index (χ1v) is 10.5. The van der Waals surface area contributed by atoms with Crippen LogP contribution in [0.5, 0.6) is 11.5 Å². The number of rotatable bonds is 7. The molecule has 1 unspecified atom stereocenters. The summed E-state index contributed by atoms with van der Waals surface area (Å²) in [6, 6.07) is 14.4. The molecule has 4 rings (SSSR count). The minimum absolute atomic E-state index is 0.0427. The van der Waals surface area contributed by atoms with E-state index in [9.17, 15) is 9.90 Å². The molecule has 0 aliphatic rings. The number of ether oxygens (including phenoxy) is 2. The minimum atomic E-state index is -0.874. The lowest BCUT2D eigenvalue weighted by atomic mass is 10.1. The molecule has 0 amide bonds. The Morgan fingerprint density at radius 3 is 2.53 bits per heavy atom. The van der Waals surface area contributed by atoms with Gasteiger partial charge in [0.2, 0.25) is 0 Å². The van der Waals surface area contributed by atoms with E-state index in [0.717, 1.165) is 16.9 Å². The Morgan fingerprint density at radius 1 is 1.13 bits per heavy atom. The average Bonchev–Trinajstić information content (AvgIpc) is 3.20. The lowest BCUT2D eigenvalue weighted by Gasteiger charge is -2.14. The number of benzene rings is 2. The van der Waals surface area contributed by atoms with Gasteiger partial charge in [-0.25, -0.2) is 4.98 Å². The molecular weight excluding hydrogens is 424 g/mol. The van der Waals surface area contributed by atoms with E-state index in [2.05, 4.69) is 4.98 Å². The van der Waals surface area contributed by atoms with Gasteiger partial charge in [-0.05, 0) is 42.0 Å². The Morgan fingerprint density at radius 2 is 1.83 bits per heavy atom. The van der Waals surface area contributed by atoms with Gasteiger partial charge in [0.25, 0.3) is 5.56 Å². The van der Waals surface area contributed by atoms with Crippen LogP contribution in [0.2, 0.25) is 5.02 Å². The number of hydrogen-bond acceptors (Lipinski definition) is 6. The van der Waals surface area contributed by atoms with Crippen LogP contribution >= 0.6 is 22.9 Å². The van der Waals surface area contributed by atoms with Crippen LogP contribution in [0.25, 0.3) is 21.3 Å². The summed E-state index contributed by atoms with van der Waals surface area (Å²) >= 11 is 7.27. The van der Waals surface area contributed by atoms with Crippen LogP contribution in [0.15, 0.2) is 65.0 Å². The minimum Gasteiger partial charge on any atom is -0.497 e. The van der Waals surface area contributed by atoms with Crippen molar-refractivity contribution in [3.63, 3.8) is 0 Å². The fourth-order valence-electron chi connectivity index (χ4n) is 3.08. The fraction of sp³-hybridized carbons (Fsp3) is 0.182. The van der Waals surface area contributed by atoms with Crippen LogP contribution < -0.4 is 15.0 Å². The summed E-state index contributed by atoms with van der Waals surface area (Å²) in [4.78, 5) is 18.1. The van der Waals surface area contributed by atoms with Crippen molar-refractivity contribution in [3.05, 3.63) is 75.6 Å². The Hall–Kier alpha value is -2.87. The molecule has 30 heavy (non-hydrogen) atoms. The summed E-state index contributed by atoms with van der Waals surface area (Å²) in [7, 11) is 1.61. The Balaban J connectivity index is 1.55. The van der Waals surface area contributed by atoms with Gasteiger partial charge in [-0.1, -0.05) is 23.7 Å². The Labute approximate surface area is 181 Å². The molecule has 8 heteroatoms. The monoisotopic (exact) mass is 442 g/mol. The van der Waals surface area contributed by atoms with Crippen molar-refractivity contribution in [2.24, 2.45) is 0 Å². The summed E-state index contributed by atoms with van der Waals surface area (Å²) in [5.74, 6) is 1.34. The summed E-state index contributed by atoms with van der Waals surface area (Å²) < 4.78 is 12.2. The van der Waals surface area contributed by atoms with Crippen molar-refractivity contribution in [1.29, 1.82) is 0 Å². The molecule has 0 bridgehead atoms. The zero-order valence-corrected chi connectivity index (χ0v) is 17.7. The molecule has 0 aliphatic carbocycles. The lowest BCUT2D eigenvalue weighted by molar-refractivity contribution is 0.0915. The number of thiophene rings is 1. The fourth-order valence-corrected chi connectivity index (χ4v) is 4.12. The number of methoxy groups -OCH3 is 1.